The molecule has 0 spiro atoms. The number of hydrogen-bond acceptors (Lipinski definition) is 3. The molecule has 0 saturated heterocycles. The lowest BCUT2D eigenvalue weighted by Crippen LogP contribution is -2.21. The van der Waals surface area contributed by atoms with Crippen LogP contribution in [-0.2, 0) is 4.79 Å². The SMILES string of the molecule is CCNCCC(=O)Nc1ccc(C(=O)O)cc1C. The summed E-state index contributed by atoms with van der Waals surface area (Å²) in [5.41, 5.74) is 1.62. The molecule has 0 atom stereocenters. The molecule has 0 aliphatic carbocycles. The molecule has 1 amide bonds. The largest absolute Gasteiger partial charge is 0.478 e. The van der Waals surface area contributed by atoms with E-state index in [1.807, 2.05) is 6.92 Å². The molecule has 0 saturated carbocycles. The fourth-order valence-electron chi connectivity index (χ4n) is 1.53. The van der Waals surface area contributed by atoms with Gasteiger partial charge in [0.15, 0.2) is 0 Å². The Labute approximate surface area is 106 Å². The molecule has 0 fully saturated rings. The van der Waals surface area contributed by atoms with Gasteiger partial charge in [-0.05, 0) is 37.2 Å². The predicted octanol–water partition coefficient (Wildman–Crippen LogP) is 1.63. The Morgan fingerprint density at radius 1 is 1.33 bits per heavy atom. The minimum absolute atomic E-state index is 0.0814. The van der Waals surface area contributed by atoms with Crippen molar-refractivity contribution in [3.8, 4) is 0 Å². The standard InChI is InChI=1S/C13H18N2O3/c1-3-14-7-6-12(16)15-11-5-4-10(13(17)18)8-9(11)2/h4-5,8,14H,3,6-7H2,1-2H3,(H,15,16)(H,17,18). The van der Waals surface area contributed by atoms with Crippen LogP contribution in [-0.4, -0.2) is 30.1 Å². The molecule has 1 aromatic carbocycles. The lowest BCUT2D eigenvalue weighted by atomic mass is 10.1. The number of aromatic carboxylic acids is 1. The summed E-state index contributed by atoms with van der Waals surface area (Å²) in [5.74, 6) is -1.05. The monoisotopic (exact) mass is 250 g/mol. The van der Waals surface area contributed by atoms with Crippen LogP contribution >= 0.6 is 0 Å². The summed E-state index contributed by atoms with van der Waals surface area (Å²) in [6, 6.07) is 4.64. The van der Waals surface area contributed by atoms with Crippen LogP contribution in [0.25, 0.3) is 0 Å². The zero-order valence-corrected chi connectivity index (χ0v) is 10.6. The zero-order chi connectivity index (χ0) is 13.5. The Hall–Kier alpha value is -1.88. The van der Waals surface area contributed by atoms with Gasteiger partial charge < -0.3 is 15.7 Å². The van der Waals surface area contributed by atoms with Crippen molar-refractivity contribution in [2.75, 3.05) is 18.4 Å². The van der Waals surface area contributed by atoms with Gasteiger partial charge in [0, 0.05) is 18.7 Å². The average molecular weight is 250 g/mol. The van der Waals surface area contributed by atoms with Gasteiger partial charge in [0.2, 0.25) is 5.91 Å². The summed E-state index contributed by atoms with van der Waals surface area (Å²) < 4.78 is 0. The van der Waals surface area contributed by atoms with Crippen LogP contribution < -0.4 is 10.6 Å². The van der Waals surface area contributed by atoms with Crippen LogP contribution in [0.5, 0.6) is 0 Å². The van der Waals surface area contributed by atoms with Gasteiger partial charge in [-0.1, -0.05) is 6.92 Å². The van der Waals surface area contributed by atoms with Crippen molar-refractivity contribution < 1.29 is 14.7 Å². The van der Waals surface area contributed by atoms with Crippen LogP contribution in [0.3, 0.4) is 0 Å². The lowest BCUT2D eigenvalue weighted by Gasteiger charge is -2.09. The van der Waals surface area contributed by atoms with Crippen molar-refractivity contribution in [1.82, 2.24) is 5.32 Å². The van der Waals surface area contributed by atoms with E-state index in [0.717, 1.165) is 12.1 Å². The van der Waals surface area contributed by atoms with E-state index >= 15 is 0 Å². The second-order valence-electron chi connectivity index (χ2n) is 3.99. The van der Waals surface area contributed by atoms with E-state index in [1.54, 1.807) is 19.1 Å². The zero-order valence-electron chi connectivity index (χ0n) is 10.6. The van der Waals surface area contributed by atoms with Gasteiger partial charge in [0.1, 0.15) is 0 Å². The summed E-state index contributed by atoms with van der Waals surface area (Å²) in [4.78, 5) is 22.4. The minimum Gasteiger partial charge on any atom is -0.478 e. The predicted molar refractivity (Wildman–Crippen MR) is 69.9 cm³/mol. The fraction of sp³-hybridized carbons (Fsp3) is 0.385. The first-order valence-electron chi connectivity index (χ1n) is 5.89. The van der Waals surface area contributed by atoms with Crippen molar-refractivity contribution in [3.63, 3.8) is 0 Å². The molecule has 18 heavy (non-hydrogen) atoms. The molecule has 1 aromatic rings. The first-order chi connectivity index (χ1) is 8.54. The molecule has 98 valence electrons. The number of rotatable bonds is 6. The molecule has 5 nitrogen and oxygen atoms in total. The maximum absolute atomic E-state index is 11.6. The normalized spacial score (nSPS) is 10.1. The highest BCUT2D eigenvalue weighted by Gasteiger charge is 2.08. The maximum atomic E-state index is 11.6. The first kappa shape index (κ1) is 14.2. The van der Waals surface area contributed by atoms with Crippen molar-refractivity contribution >= 4 is 17.6 Å². The fourth-order valence-corrected chi connectivity index (χ4v) is 1.53. The number of nitrogens with one attached hydrogen (secondary N) is 2. The van der Waals surface area contributed by atoms with E-state index in [1.165, 1.54) is 6.07 Å². The molecule has 0 unspecified atom stereocenters. The molecule has 0 heterocycles. The quantitative estimate of drug-likeness (QED) is 0.670. The number of carbonyl (C=O) groups excluding carboxylic acids is 1. The molecule has 0 aromatic heterocycles. The summed E-state index contributed by atoms with van der Waals surface area (Å²) in [6.07, 6.45) is 0.397. The second-order valence-corrected chi connectivity index (χ2v) is 3.99. The number of anilines is 1. The van der Waals surface area contributed by atoms with Crippen LogP contribution in [0.1, 0.15) is 29.3 Å². The van der Waals surface area contributed by atoms with Gasteiger partial charge in [0.25, 0.3) is 0 Å². The van der Waals surface area contributed by atoms with E-state index in [2.05, 4.69) is 10.6 Å². The van der Waals surface area contributed by atoms with Gasteiger partial charge in [-0.15, -0.1) is 0 Å². The molecule has 3 N–H and O–H groups in total. The molecule has 0 bridgehead atoms. The summed E-state index contributed by atoms with van der Waals surface area (Å²) in [5, 5.41) is 14.7. The molecular weight excluding hydrogens is 232 g/mol. The van der Waals surface area contributed by atoms with Crippen LogP contribution in [0.4, 0.5) is 5.69 Å². The van der Waals surface area contributed by atoms with Crippen molar-refractivity contribution in [2.24, 2.45) is 0 Å². The van der Waals surface area contributed by atoms with E-state index < -0.39 is 5.97 Å². The smallest absolute Gasteiger partial charge is 0.335 e. The topological polar surface area (TPSA) is 78.4 Å². The molecule has 0 radical (unpaired) electrons. The van der Waals surface area contributed by atoms with E-state index in [4.69, 9.17) is 5.11 Å². The number of carbonyl (C=O) groups is 2. The number of hydrogen-bond donors (Lipinski definition) is 3. The Morgan fingerprint density at radius 2 is 2.06 bits per heavy atom. The second kappa shape index (κ2) is 6.76. The lowest BCUT2D eigenvalue weighted by molar-refractivity contribution is -0.116. The van der Waals surface area contributed by atoms with E-state index in [9.17, 15) is 9.59 Å². The van der Waals surface area contributed by atoms with Gasteiger partial charge >= 0.3 is 5.97 Å². The van der Waals surface area contributed by atoms with Crippen molar-refractivity contribution in [2.45, 2.75) is 20.3 Å². The summed E-state index contributed by atoms with van der Waals surface area (Å²) in [7, 11) is 0. The third kappa shape index (κ3) is 4.18. The van der Waals surface area contributed by atoms with Gasteiger partial charge in [0.05, 0.1) is 5.56 Å². The highest BCUT2D eigenvalue weighted by molar-refractivity contribution is 5.93. The van der Waals surface area contributed by atoms with Crippen LogP contribution in [0.2, 0.25) is 0 Å². The number of carboxylic acids is 1. The van der Waals surface area contributed by atoms with Gasteiger partial charge in [-0.25, -0.2) is 4.79 Å². The summed E-state index contributed by atoms with van der Waals surface area (Å²) >= 11 is 0. The first-order valence-corrected chi connectivity index (χ1v) is 5.89. The Balaban J connectivity index is 2.62. The molecule has 0 aliphatic heterocycles. The van der Waals surface area contributed by atoms with Gasteiger partial charge in [-0.2, -0.15) is 0 Å². The third-order valence-corrected chi connectivity index (χ3v) is 2.53. The van der Waals surface area contributed by atoms with Crippen molar-refractivity contribution in [3.05, 3.63) is 29.3 Å². The van der Waals surface area contributed by atoms with Crippen LogP contribution in [0.15, 0.2) is 18.2 Å². The highest BCUT2D eigenvalue weighted by atomic mass is 16.4. The summed E-state index contributed by atoms with van der Waals surface area (Å²) in [6.45, 7) is 5.22. The molecule has 5 heteroatoms. The van der Waals surface area contributed by atoms with Crippen molar-refractivity contribution in [1.29, 1.82) is 0 Å². The molecule has 0 aliphatic rings. The Morgan fingerprint density at radius 3 is 2.61 bits per heavy atom. The maximum Gasteiger partial charge on any atom is 0.335 e. The Bertz CT molecular complexity index is 444. The third-order valence-electron chi connectivity index (χ3n) is 2.53. The molecule has 1 rings (SSSR count). The number of carboxylic acid groups (broad SMARTS) is 1. The number of aryl methyl sites for hydroxylation is 1. The van der Waals surface area contributed by atoms with E-state index in [-0.39, 0.29) is 11.5 Å². The highest BCUT2D eigenvalue weighted by Crippen LogP contribution is 2.16. The number of benzene rings is 1. The van der Waals surface area contributed by atoms with Crippen LogP contribution in [0, 0.1) is 6.92 Å². The van der Waals surface area contributed by atoms with E-state index in [0.29, 0.717) is 18.7 Å². The average Bonchev–Trinajstić information content (AvgIpc) is 2.32. The number of amides is 1. The van der Waals surface area contributed by atoms with Gasteiger partial charge in [-0.3, -0.25) is 4.79 Å². The Kier molecular flexibility index (Phi) is 5.32. The minimum atomic E-state index is -0.969. The molecular formula is C13H18N2O3.